The van der Waals surface area contributed by atoms with Crippen molar-refractivity contribution in [3.8, 4) is 0 Å². The summed E-state index contributed by atoms with van der Waals surface area (Å²) in [6.07, 6.45) is 83.4. The van der Waals surface area contributed by atoms with Crippen LogP contribution in [0.1, 0.15) is 349 Å². The first-order valence-electron chi connectivity index (χ1n) is 41.1. The molecule has 0 aliphatic carbocycles. The Morgan fingerprint density at radius 2 is 0.500 bits per heavy atom. The van der Waals surface area contributed by atoms with E-state index in [1.54, 1.807) is 0 Å². The second-order valence-corrected chi connectivity index (χ2v) is 30.2. The second-order valence-electron chi connectivity index (χ2n) is 27.3. The van der Waals surface area contributed by atoms with Crippen molar-refractivity contribution in [2.24, 2.45) is 0 Å². The topological polar surface area (TPSA) is 237 Å². The van der Waals surface area contributed by atoms with Crippen molar-refractivity contribution in [2.75, 3.05) is 39.6 Å². The lowest BCUT2D eigenvalue weighted by Crippen LogP contribution is -2.30. The van der Waals surface area contributed by atoms with Crippen molar-refractivity contribution >= 4 is 39.5 Å². The van der Waals surface area contributed by atoms with Crippen molar-refractivity contribution in [3.05, 3.63) is 109 Å². The maximum atomic E-state index is 13.1. The van der Waals surface area contributed by atoms with Crippen LogP contribution in [0.3, 0.4) is 0 Å². The van der Waals surface area contributed by atoms with Crippen LogP contribution in [0.4, 0.5) is 0 Å². The van der Waals surface area contributed by atoms with E-state index in [9.17, 15) is 43.2 Å². The standard InChI is InChI=1S/C85H148O17P2/c1-5-9-13-17-21-25-29-33-36-38-39-41-44-47-50-54-58-62-66-70-83(88)95-75-80(101-84(89)71-67-63-59-55-51-45-32-28-24-20-16-12-8-4)77-99-103(91,92)97-73-79(86)74-98-104(93,94)100-78-81(102-85(90)72-68-64-60-56-52-48-42-35-31-27-23-19-15-11-7-3)76-96-82(87)69-65-61-57-53-49-46-43-40-37-34-30-26-22-18-14-10-6-2/h9-10,13-14,21-22,25-26,33-37,39,41-42,47,50,79-81,86H,5-8,11-12,15-20,23-24,27-32,38,40,43-46,48-49,51-78H2,1-4H3,(H,91,92)(H,93,94)/b13-9-,14-10-,25-21-,26-22-,36-33-,37-34-,41-39-,42-35-,50-47-. The lowest BCUT2D eigenvalue weighted by Gasteiger charge is -2.21. The summed E-state index contributed by atoms with van der Waals surface area (Å²) in [4.78, 5) is 73.1. The van der Waals surface area contributed by atoms with Crippen LogP contribution < -0.4 is 0 Å². The van der Waals surface area contributed by atoms with Crippen molar-refractivity contribution in [1.29, 1.82) is 0 Å². The Morgan fingerprint density at radius 3 is 0.788 bits per heavy atom. The predicted octanol–water partition coefficient (Wildman–Crippen LogP) is 24.1. The molecule has 104 heavy (non-hydrogen) atoms. The molecule has 0 aliphatic rings. The molecule has 0 aliphatic heterocycles. The summed E-state index contributed by atoms with van der Waals surface area (Å²) in [5, 5.41) is 10.7. The Balaban J connectivity index is 5.37. The highest BCUT2D eigenvalue weighted by Gasteiger charge is 2.30. The number of rotatable bonds is 77. The number of phosphoric ester groups is 2. The molecule has 0 bridgehead atoms. The number of ether oxygens (including phenoxy) is 4. The highest BCUT2D eigenvalue weighted by molar-refractivity contribution is 7.47. The zero-order chi connectivity index (χ0) is 76.0. The predicted molar refractivity (Wildman–Crippen MR) is 427 cm³/mol. The van der Waals surface area contributed by atoms with Crippen LogP contribution in [0.5, 0.6) is 0 Å². The Kier molecular flexibility index (Phi) is 73.7. The van der Waals surface area contributed by atoms with Gasteiger partial charge in [-0.2, -0.15) is 0 Å². The number of aliphatic hydroxyl groups excluding tert-OH is 1. The van der Waals surface area contributed by atoms with Gasteiger partial charge >= 0.3 is 39.5 Å². The first kappa shape index (κ1) is 99.7. The van der Waals surface area contributed by atoms with Gasteiger partial charge in [-0.05, 0) is 128 Å². The number of aliphatic hydroxyl groups is 1. The van der Waals surface area contributed by atoms with Gasteiger partial charge in [-0.15, -0.1) is 0 Å². The molecule has 0 fully saturated rings. The molecule has 0 saturated heterocycles. The van der Waals surface area contributed by atoms with E-state index in [0.29, 0.717) is 25.7 Å². The summed E-state index contributed by atoms with van der Waals surface area (Å²) in [7, 11) is -9.97. The third-order valence-corrected chi connectivity index (χ3v) is 19.1. The monoisotopic (exact) mass is 1500 g/mol. The highest BCUT2D eigenvalue weighted by atomic mass is 31.2. The van der Waals surface area contributed by atoms with E-state index in [1.807, 2.05) is 0 Å². The van der Waals surface area contributed by atoms with E-state index in [0.717, 1.165) is 180 Å². The smallest absolute Gasteiger partial charge is 0.462 e. The maximum Gasteiger partial charge on any atom is 0.472 e. The Bertz CT molecular complexity index is 2390. The summed E-state index contributed by atoms with van der Waals surface area (Å²) >= 11 is 0. The summed E-state index contributed by atoms with van der Waals surface area (Å²) in [5.74, 6) is -2.21. The molecule has 600 valence electrons. The molecule has 19 heteroatoms. The fraction of sp³-hybridized carbons (Fsp3) is 0.741. The number of esters is 4. The molecule has 0 aromatic carbocycles. The zero-order valence-electron chi connectivity index (χ0n) is 65.7. The van der Waals surface area contributed by atoms with Gasteiger partial charge < -0.3 is 33.8 Å². The van der Waals surface area contributed by atoms with Crippen molar-refractivity contribution in [1.82, 2.24) is 0 Å². The van der Waals surface area contributed by atoms with Crippen molar-refractivity contribution < 1.29 is 80.2 Å². The average molecular weight is 1500 g/mol. The Morgan fingerprint density at radius 1 is 0.279 bits per heavy atom. The Hall–Kier alpha value is -4.28. The number of phosphoric acid groups is 2. The summed E-state index contributed by atoms with van der Waals surface area (Å²) in [6.45, 7) is 4.64. The second kappa shape index (κ2) is 76.9. The number of hydrogen-bond donors (Lipinski definition) is 3. The molecule has 0 saturated carbocycles. The van der Waals surface area contributed by atoms with Gasteiger partial charge in [-0.1, -0.05) is 304 Å². The summed E-state index contributed by atoms with van der Waals surface area (Å²) in [5.41, 5.74) is 0. The third-order valence-electron chi connectivity index (χ3n) is 17.2. The molecule has 17 nitrogen and oxygen atoms in total. The number of carbonyl (C=O) groups excluding carboxylic acids is 4. The minimum atomic E-state index is -4.98. The summed E-state index contributed by atoms with van der Waals surface area (Å²) < 4.78 is 68.7. The molecule has 0 amide bonds. The molecule has 0 rings (SSSR count). The molecule has 0 heterocycles. The summed E-state index contributed by atoms with van der Waals surface area (Å²) in [6, 6.07) is 0. The van der Waals surface area contributed by atoms with Crippen molar-refractivity contribution in [2.45, 2.75) is 367 Å². The number of unbranched alkanes of at least 4 members (excludes halogenated alkanes) is 33. The Labute approximate surface area is 632 Å². The van der Waals surface area contributed by atoms with Gasteiger partial charge in [0.05, 0.1) is 26.4 Å². The molecular formula is C85H148O17P2. The van der Waals surface area contributed by atoms with E-state index in [-0.39, 0.29) is 25.7 Å². The highest BCUT2D eigenvalue weighted by Crippen LogP contribution is 2.45. The van der Waals surface area contributed by atoms with Gasteiger partial charge in [-0.25, -0.2) is 9.13 Å². The minimum Gasteiger partial charge on any atom is -0.462 e. The van der Waals surface area contributed by atoms with Gasteiger partial charge in [-0.3, -0.25) is 37.3 Å². The minimum absolute atomic E-state index is 0.0827. The van der Waals surface area contributed by atoms with Crippen LogP contribution in [0.15, 0.2) is 109 Å². The van der Waals surface area contributed by atoms with E-state index in [1.165, 1.54) is 89.9 Å². The number of carbonyl (C=O) groups is 4. The molecule has 3 N–H and O–H groups in total. The van der Waals surface area contributed by atoms with Crippen LogP contribution in [0, 0.1) is 0 Å². The molecule has 5 unspecified atom stereocenters. The fourth-order valence-corrected chi connectivity index (χ4v) is 12.6. The third kappa shape index (κ3) is 75.9. The van der Waals surface area contributed by atoms with E-state index in [2.05, 4.69) is 137 Å². The van der Waals surface area contributed by atoms with Gasteiger partial charge in [0.25, 0.3) is 0 Å². The van der Waals surface area contributed by atoms with E-state index >= 15 is 0 Å². The van der Waals surface area contributed by atoms with E-state index < -0.39 is 97.5 Å². The zero-order valence-corrected chi connectivity index (χ0v) is 67.5. The van der Waals surface area contributed by atoms with E-state index in [4.69, 9.17) is 37.0 Å². The van der Waals surface area contributed by atoms with Crippen LogP contribution >= 0.6 is 15.6 Å². The molecule has 0 aromatic heterocycles. The van der Waals surface area contributed by atoms with Crippen LogP contribution in [-0.2, 0) is 65.4 Å². The lowest BCUT2D eigenvalue weighted by atomic mass is 10.0. The molecular weight excluding hydrogens is 1350 g/mol. The van der Waals surface area contributed by atoms with Crippen LogP contribution in [0.25, 0.3) is 0 Å². The molecule has 0 aromatic rings. The van der Waals surface area contributed by atoms with Gasteiger partial charge in [0.2, 0.25) is 0 Å². The molecule has 5 atom stereocenters. The van der Waals surface area contributed by atoms with Gasteiger partial charge in [0, 0.05) is 25.7 Å². The first-order chi connectivity index (χ1) is 50.7. The van der Waals surface area contributed by atoms with Crippen molar-refractivity contribution in [3.63, 3.8) is 0 Å². The van der Waals surface area contributed by atoms with Gasteiger partial charge in [0.1, 0.15) is 19.3 Å². The normalized spacial score (nSPS) is 14.4. The number of allylic oxidation sites excluding steroid dienone is 18. The number of hydrogen-bond acceptors (Lipinski definition) is 15. The van der Waals surface area contributed by atoms with Gasteiger partial charge in [0.15, 0.2) is 12.2 Å². The molecule has 0 radical (unpaired) electrons. The van der Waals surface area contributed by atoms with Crippen LogP contribution in [-0.4, -0.2) is 96.7 Å². The SMILES string of the molecule is CC/C=C\C/C=C\C/C=C\C/C=C\C/C=C\CCCCCC(=O)OCC(COP(=O)(O)OCC(O)COP(=O)(O)OCC(COC(=O)CCCCCCCCC/C=C\C/C=C\C/C=C\CC)OC(=O)CCCCCCC/C=C\CCCCCCCC)OC(=O)CCCCCCCCCCCCCCC. The largest absolute Gasteiger partial charge is 0.472 e. The quantitative estimate of drug-likeness (QED) is 0.0169. The fourth-order valence-electron chi connectivity index (χ4n) is 11.0. The lowest BCUT2D eigenvalue weighted by molar-refractivity contribution is -0.161. The van der Waals surface area contributed by atoms with Crippen LogP contribution in [0.2, 0.25) is 0 Å². The first-order valence-corrected chi connectivity index (χ1v) is 44.1. The molecule has 0 spiro atoms. The maximum absolute atomic E-state index is 13.1. The average Bonchev–Trinajstić information content (AvgIpc) is 0.939.